The van der Waals surface area contributed by atoms with Gasteiger partial charge in [0.25, 0.3) is 5.91 Å². The van der Waals surface area contributed by atoms with Gasteiger partial charge in [0.05, 0.1) is 32.0 Å². The normalized spacial score (nSPS) is 20.4. The van der Waals surface area contributed by atoms with Gasteiger partial charge < -0.3 is 23.8 Å². The molecule has 1 aromatic carbocycles. The first kappa shape index (κ1) is 18.1. The Balaban J connectivity index is 2.00. The second-order valence-corrected chi connectivity index (χ2v) is 5.70. The lowest BCUT2D eigenvalue weighted by Gasteiger charge is -2.35. The monoisotopic (exact) mass is 337 g/mol. The number of nitrogens with zero attached hydrogens (tertiary/aromatic N) is 1. The van der Waals surface area contributed by atoms with Crippen LogP contribution < -0.4 is 9.47 Å². The number of carbonyl (C=O) groups excluding carboxylic acids is 2. The van der Waals surface area contributed by atoms with Gasteiger partial charge in [0, 0.05) is 13.1 Å². The molecule has 1 aromatic rings. The van der Waals surface area contributed by atoms with E-state index < -0.39 is 5.97 Å². The van der Waals surface area contributed by atoms with Crippen molar-refractivity contribution in [2.24, 2.45) is 0 Å². The lowest BCUT2D eigenvalue weighted by molar-refractivity contribution is -0.145. The molecular weight excluding hydrogens is 314 g/mol. The molecule has 7 heteroatoms. The fourth-order valence-electron chi connectivity index (χ4n) is 2.64. The van der Waals surface area contributed by atoms with Gasteiger partial charge in [-0.05, 0) is 32.0 Å². The van der Waals surface area contributed by atoms with Crippen molar-refractivity contribution in [3.8, 4) is 11.5 Å². The quantitative estimate of drug-likeness (QED) is 0.758. The second kappa shape index (κ2) is 8.01. The number of methoxy groups -OCH3 is 2. The van der Waals surface area contributed by atoms with E-state index in [1.807, 2.05) is 13.8 Å². The molecule has 0 aromatic heterocycles. The number of rotatable bonds is 5. The van der Waals surface area contributed by atoms with Crippen molar-refractivity contribution in [2.75, 3.05) is 33.9 Å². The zero-order valence-electron chi connectivity index (χ0n) is 14.4. The molecular formula is C17H23NO6. The van der Waals surface area contributed by atoms with E-state index in [9.17, 15) is 9.59 Å². The molecule has 0 bridgehead atoms. The maximum absolute atomic E-state index is 12.3. The molecule has 1 fully saturated rings. The summed E-state index contributed by atoms with van der Waals surface area (Å²) in [4.78, 5) is 25.6. The van der Waals surface area contributed by atoms with E-state index in [-0.39, 0.29) is 24.7 Å². The summed E-state index contributed by atoms with van der Waals surface area (Å²) in [5, 5.41) is 0. The molecule has 0 unspecified atom stereocenters. The largest absolute Gasteiger partial charge is 0.493 e. The van der Waals surface area contributed by atoms with Crippen LogP contribution in [0.15, 0.2) is 18.2 Å². The van der Waals surface area contributed by atoms with Gasteiger partial charge in [0.1, 0.15) is 0 Å². The highest BCUT2D eigenvalue weighted by atomic mass is 16.5. The van der Waals surface area contributed by atoms with Crippen molar-refractivity contribution >= 4 is 11.9 Å². The van der Waals surface area contributed by atoms with Gasteiger partial charge >= 0.3 is 5.97 Å². The SMILES string of the molecule is COC(=O)c1ccc(OCC(=O)N2C[C@@H](C)O[C@H](C)C2)c(OC)c1. The van der Waals surface area contributed by atoms with Crippen LogP contribution in [0.1, 0.15) is 24.2 Å². The van der Waals surface area contributed by atoms with Crippen LogP contribution in [-0.2, 0) is 14.3 Å². The highest BCUT2D eigenvalue weighted by Crippen LogP contribution is 2.28. The smallest absolute Gasteiger partial charge is 0.337 e. The zero-order chi connectivity index (χ0) is 17.7. The number of ether oxygens (including phenoxy) is 4. The van der Waals surface area contributed by atoms with Crippen molar-refractivity contribution < 1.29 is 28.5 Å². The molecule has 2 rings (SSSR count). The molecule has 1 amide bonds. The molecule has 0 spiro atoms. The number of carbonyl (C=O) groups is 2. The predicted molar refractivity (Wildman–Crippen MR) is 86.4 cm³/mol. The average molecular weight is 337 g/mol. The molecule has 0 radical (unpaired) electrons. The first-order valence-electron chi connectivity index (χ1n) is 7.77. The van der Waals surface area contributed by atoms with Crippen molar-refractivity contribution in [3.05, 3.63) is 23.8 Å². The Kier molecular flexibility index (Phi) is 6.03. The van der Waals surface area contributed by atoms with Crippen LogP contribution in [0, 0.1) is 0 Å². The standard InChI is InChI=1S/C17H23NO6/c1-11-8-18(9-12(2)24-11)16(19)10-23-14-6-5-13(17(20)22-4)7-15(14)21-3/h5-7,11-12H,8-10H2,1-4H3/t11-,12-/m1/s1. The Morgan fingerprint density at radius 1 is 1.17 bits per heavy atom. The summed E-state index contributed by atoms with van der Waals surface area (Å²) in [6.45, 7) is 4.86. The van der Waals surface area contributed by atoms with Crippen molar-refractivity contribution in [2.45, 2.75) is 26.1 Å². The van der Waals surface area contributed by atoms with Gasteiger partial charge in [0.15, 0.2) is 18.1 Å². The Hall–Kier alpha value is -2.28. The maximum Gasteiger partial charge on any atom is 0.337 e. The Bertz CT molecular complexity index is 593. The van der Waals surface area contributed by atoms with Gasteiger partial charge in [-0.2, -0.15) is 0 Å². The fourth-order valence-corrected chi connectivity index (χ4v) is 2.64. The van der Waals surface area contributed by atoms with Crippen LogP contribution in [0.5, 0.6) is 11.5 Å². The summed E-state index contributed by atoms with van der Waals surface area (Å²) in [5.74, 6) is 0.186. The molecule has 1 saturated heterocycles. The molecule has 1 aliphatic heterocycles. The van der Waals surface area contributed by atoms with Gasteiger partial charge in [-0.25, -0.2) is 4.79 Å². The minimum absolute atomic E-state index is 0.00609. The number of hydrogen-bond acceptors (Lipinski definition) is 6. The molecule has 132 valence electrons. The minimum atomic E-state index is -0.466. The van der Waals surface area contributed by atoms with Gasteiger partial charge in [-0.3, -0.25) is 4.79 Å². The third kappa shape index (κ3) is 4.38. The summed E-state index contributed by atoms with van der Waals surface area (Å²) in [6, 6.07) is 4.67. The fraction of sp³-hybridized carbons (Fsp3) is 0.529. The maximum atomic E-state index is 12.3. The van der Waals surface area contributed by atoms with Crippen LogP contribution in [0.25, 0.3) is 0 Å². The summed E-state index contributed by atoms with van der Waals surface area (Å²) in [5.41, 5.74) is 0.351. The number of benzene rings is 1. The molecule has 2 atom stereocenters. The summed E-state index contributed by atoms with van der Waals surface area (Å²) in [6.07, 6.45) is 0.0122. The third-order valence-corrected chi connectivity index (χ3v) is 3.71. The van der Waals surface area contributed by atoms with Crippen LogP contribution in [0.4, 0.5) is 0 Å². The lowest BCUT2D eigenvalue weighted by atomic mass is 10.2. The Labute approximate surface area is 141 Å². The van der Waals surface area contributed by atoms with E-state index in [2.05, 4.69) is 4.74 Å². The van der Waals surface area contributed by atoms with Crippen molar-refractivity contribution in [3.63, 3.8) is 0 Å². The third-order valence-electron chi connectivity index (χ3n) is 3.71. The molecule has 1 heterocycles. The molecule has 0 saturated carbocycles. The average Bonchev–Trinajstić information content (AvgIpc) is 2.57. The Morgan fingerprint density at radius 3 is 2.42 bits per heavy atom. The van der Waals surface area contributed by atoms with Crippen LogP contribution >= 0.6 is 0 Å². The number of esters is 1. The molecule has 1 aliphatic rings. The number of morpholine rings is 1. The number of amides is 1. The van der Waals surface area contributed by atoms with E-state index in [4.69, 9.17) is 14.2 Å². The van der Waals surface area contributed by atoms with Crippen molar-refractivity contribution in [1.82, 2.24) is 4.90 Å². The van der Waals surface area contributed by atoms with Crippen LogP contribution in [0.3, 0.4) is 0 Å². The van der Waals surface area contributed by atoms with Gasteiger partial charge in [-0.1, -0.05) is 0 Å². The van der Waals surface area contributed by atoms with E-state index in [0.717, 1.165) is 0 Å². The van der Waals surface area contributed by atoms with Crippen LogP contribution in [-0.4, -0.2) is 62.9 Å². The minimum Gasteiger partial charge on any atom is -0.493 e. The first-order valence-corrected chi connectivity index (χ1v) is 7.77. The number of hydrogen-bond donors (Lipinski definition) is 0. The highest BCUT2D eigenvalue weighted by Gasteiger charge is 2.26. The van der Waals surface area contributed by atoms with E-state index in [0.29, 0.717) is 30.2 Å². The van der Waals surface area contributed by atoms with E-state index in [1.54, 1.807) is 17.0 Å². The predicted octanol–water partition coefficient (Wildman–Crippen LogP) is 1.50. The second-order valence-electron chi connectivity index (χ2n) is 5.70. The van der Waals surface area contributed by atoms with Crippen LogP contribution in [0.2, 0.25) is 0 Å². The lowest BCUT2D eigenvalue weighted by Crippen LogP contribution is -2.49. The topological polar surface area (TPSA) is 74.3 Å². The van der Waals surface area contributed by atoms with Crippen molar-refractivity contribution in [1.29, 1.82) is 0 Å². The Morgan fingerprint density at radius 2 is 1.83 bits per heavy atom. The van der Waals surface area contributed by atoms with E-state index >= 15 is 0 Å². The molecule has 0 N–H and O–H groups in total. The zero-order valence-corrected chi connectivity index (χ0v) is 14.4. The molecule has 24 heavy (non-hydrogen) atoms. The first-order chi connectivity index (χ1) is 11.4. The highest BCUT2D eigenvalue weighted by molar-refractivity contribution is 5.90. The molecule has 7 nitrogen and oxygen atoms in total. The molecule has 0 aliphatic carbocycles. The van der Waals surface area contributed by atoms with Gasteiger partial charge in [-0.15, -0.1) is 0 Å². The summed E-state index contributed by atoms with van der Waals surface area (Å²) < 4.78 is 21.1. The summed E-state index contributed by atoms with van der Waals surface area (Å²) in [7, 11) is 2.78. The summed E-state index contributed by atoms with van der Waals surface area (Å²) >= 11 is 0. The van der Waals surface area contributed by atoms with E-state index in [1.165, 1.54) is 20.3 Å². The van der Waals surface area contributed by atoms with Gasteiger partial charge in [0.2, 0.25) is 0 Å².